The lowest BCUT2D eigenvalue weighted by Gasteiger charge is -2.26. The molecule has 0 aromatic carbocycles. The first-order chi connectivity index (χ1) is 4.54. The summed E-state index contributed by atoms with van der Waals surface area (Å²) in [4.78, 5) is 0. The maximum Gasteiger partial charge on any atom is 0.105 e. The summed E-state index contributed by atoms with van der Waals surface area (Å²) in [6, 6.07) is 0. The van der Waals surface area contributed by atoms with Crippen molar-refractivity contribution in [3.05, 3.63) is 0 Å². The highest BCUT2D eigenvalue weighted by molar-refractivity contribution is 4.80. The number of rotatable bonds is 4. The molecule has 3 nitrogen and oxygen atoms in total. The Morgan fingerprint density at radius 3 is 2.30 bits per heavy atom. The SMILES string of the molecule is CCC[C@@](C)(O)[C@H](O)CO. The molecule has 0 aliphatic rings. The highest BCUT2D eigenvalue weighted by Gasteiger charge is 2.28. The van der Waals surface area contributed by atoms with Gasteiger partial charge >= 0.3 is 0 Å². The Morgan fingerprint density at radius 1 is 1.50 bits per heavy atom. The van der Waals surface area contributed by atoms with Crippen LogP contribution in [0.25, 0.3) is 0 Å². The van der Waals surface area contributed by atoms with Crippen LogP contribution in [0.5, 0.6) is 0 Å². The second kappa shape index (κ2) is 3.91. The second-order valence-corrected chi connectivity index (χ2v) is 2.81. The van der Waals surface area contributed by atoms with E-state index in [2.05, 4.69) is 0 Å². The Morgan fingerprint density at radius 2 is 2.00 bits per heavy atom. The van der Waals surface area contributed by atoms with Crippen molar-refractivity contribution in [2.24, 2.45) is 0 Å². The standard InChI is InChI=1S/C7H16O3/c1-3-4-7(2,10)6(9)5-8/h6,8-10H,3-5H2,1-2H3/t6-,7-/m1/s1. The van der Waals surface area contributed by atoms with E-state index in [0.29, 0.717) is 6.42 Å². The van der Waals surface area contributed by atoms with E-state index < -0.39 is 11.7 Å². The van der Waals surface area contributed by atoms with Gasteiger partial charge in [-0.15, -0.1) is 0 Å². The molecule has 0 amide bonds. The third kappa shape index (κ3) is 2.64. The van der Waals surface area contributed by atoms with E-state index >= 15 is 0 Å². The van der Waals surface area contributed by atoms with Crippen LogP contribution in [0.2, 0.25) is 0 Å². The lowest BCUT2D eigenvalue weighted by molar-refractivity contribution is -0.0874. The molecular formula is C7H16O3. The van der Waals surface area contributed by atoms with Crippen molar-refractivity contribution in [2.45, 2.75) is 38.4 Å². The van der Waals surface area contributed by atoms with Gasteiger partial charge < -0.3 is 15.3 Å². The molecule has 0 unspecified atom stereocenters. The molecule has 0 radical (unpaired) electrons. The number of hydrogen-bond donors (Lipinski definition) is 3. The van der Waals surface area contributed by atoms with Gasteiger partial charge in [-0.3, -0.25) is 0 Å². The fourth-order valence-corrected chi connectivity index (χ4v) is 0.869. The van der Waals surface area contributed by atoms with Crippen molar-refractivity contribution in [3.8, 4) is 0 Å². The van der Waals surface area contributed by atoms with E-state index in [1.807, 2.05) is 6.92 Å². The molecule has 62 valence electrons. The summed E-state index contributed by atoms with van der Waals surface area (Å²) in [6.07, 6.45) is 0.283. The van der Waals surface area contributed by atoms with E-state index in [1.54, 1.807) is 0 Å². The molecule has 0 aliphatic heterocycles. The molecule has 0 heterocycles. The Kier molecular flexibility index (Phi) is 3.86. The molecule has 3 N–H and O–H groups in total. The summed E-state index contributed by atoms with van der Waals surface area (Å²) >= 11 is 0. The van der Waals surface area contributed by atoms with Crippen molar-refractivity contribution < 1.29 is 15.3 Å². The average molecular weight is 148 g/mol. The van der Waals surface area contributed by atoms with Crippen molar-refractivity contribution in [1.82, 2.24) is 0 Å². The van der Waals surface area contributed by atoms with Gasteiger partial charge in [0.1, 0.15) is 6.10 Å². The highest BCUT2D eigenvalue weighted by Crippen LogP contribution is 2.15. The summed E-state index contributed by atoms with van der Waals surface area (Å²) in [5.74, 6) is 0. The van der Waals surface area contributed by atoms with Crippen LogP contribution in [0.1, 0.15) is 26.7 Å². The van der Waals surface area contributed by atoms with Crippen LogP contribution in [0.4, 0.5) is 0 Å². The lowest BCUT2D eigenvalue weighted by atomic mass is 9.94. The van der Waals surface area contributed by atoms with Gasteiger partial charge in [-0.2, -0.15) is 0 Å². The molecule has 0 bridgehead atoms. The maximum atomic E-state index is 9.37. The first kappa shape index (κ1) is 9.88. The van der Waals surface area contributed by atoms with Gasteiger partial charge in [-0.1, -0.05) is 13.3 Å². The Labute approximate surface area is 61.3 Å². The number of aliphatic hydroxyl groups is 3. The normalized spacial score (nSPS) is 20.1. The van der Waals surface area contributed by atoms with Crippen LogP contribution in [-0.2, 0) is 0 Å². The molecule has 0 saturated carbocycles. The number of hydrogen-bond acceptors (Lipinski definition) is 3. The van der Waals surface area contributed by atoms with E-state index in [-0.39, 0.29) is 6.61 Å². The zero-order valence-electron chi connectivity index (χ0n) is 6.54. The van der Waals surface area contributed by atoms with Crippen LogP contribution >= 0.6 is 0 Å². The third-order valence-corrected chi connectivity index (χ3v) is 1.65. The van der Waals surface area contributed by atoms with E-state index in [1.165, 1.54) is 6.92 Å². The van der Waals surface area contributed by atoms with Gasteiger partial charge in [0.15, 0.2) is 0 Å². The highest BCUT2D eigenvalue weighted by atomic mass is 16.4. The Balaban J connectivity index is 3.82. The monoisotopic (exact) mass is 148 g/mol. The van der Waals surface area contributed by atoms with E-state index in [9.17, 15) is 5.11 Å². The summed E-state index contributed by atoms with van der Waals surface area (Å²) in [7, 11) is 0. The molecule has 0 aromatic heterocycles. The molecule has 0 aliphatic carbocycles. The third-order valence-electron chi connectivity index (χ3n) is 1.65. The Bertz CT molecular complexity index is 90.9. The fourth-order valence-electron chi connectivity index (χ4n) is 0.869. The molecule has 0 aromatic rings. The van der Waals surface area contributed by atoms with E-state index in [4.69, 9.17) is 10.2 Å². The van der Waals surface area contributed by atoms with Gasteiger partial charge in [0.25, 0.3) is 0 Å². The smallest absolute Gasteiger partial charge is 0.105 e. The van der Waals surface area contributed by atoms with Crippen molar-refractivity contribution in [2.75, 3.05) is 6.61 Å². The van der Waals surface area contributed by atoms with Gasteiger partial charge in [0.2, 0.25) is 0 Å². The van der Waals surface area contributed by atoms with Gasteiger partial charge in [-0.05, 0) is 13.3 Å². The van der Waals surface area contributed by atoms with Crippen molar-refractivity contribution in [3.63, 3.8) is 0 Å². The summed E-state index contributed by atoms with van der Waals surface area (Å²) < 4.78 is 0. The van der Waals surface area contributed by atoms with Crippen LogP contribution in [-0.4, -0.2) is 33.6 Å². The number of aliphatic hydroxyl groups excluding tert-OH is 2. The molecule has 10 heavy (non-hydrogen) atoms. The topological polar surface area (TPSA) is 60.7 Å². The maximum absolute atomic E-state index is 9.37. The minimum atomic E-state index is -1.14. The average Bonchev–Trinajstić information content (AvgIpc) is 1.86. The summed E-state index contributed by atoms with van der Waals surface area (Å²) in [6.45, 7) is 3.06. The van der Waals surface area contributed by atoms with Gasteiger partial charge in [-0.25, -0.2) is 0 Å². The Hall–Kier alpha value is -0.120. The van der Waals surface area contributed by atoms with Crippen LogP contribution in [0.3, 0.4) is 0 Å². The molecule has 0 spiro atoms. The molecule has 0 rings (SSSR count). The molecule has 0 fully saturated rings. The minimum Gasteiger partial charge on any atom is -0.394 e. The molecular weight excluding hydrogens is 132 g/mol. The van der Waals surface area contributed by atoms with Crippen molar-refractivity contribution in [1.29, 1.82) is 0 Å². The molecule has 3 heteroatoms. The minimum absolute atomic E-state index is 0.382. The fraction of sp³-hybridized carbons (Fsp3) is 1.00. The zero-order valence-corrected chi connectivity index (χ0v) is 6.54. The van der Waals surface area contributed by atoms with Crippen LogP contribution in [0.15, 0.2) is 0 Å². The van der Waals surface area contributed by atoms with Crippen LogP contribution < -0.4 is 0 Å². The lowest BCUT2D eigenvalue weighted by Crippen LogP contribution is -2.41. The summed E-state index contributed by atoms with van der Waals surface area (Å²) in [5.41, 5.74) is -1.14. The van der Waals surface area contributed by atoms with Crippen LogP contribution in [0, 0.1) is 0 Å². The van der Waals surface area contributed by atoms with Gasteiger partial charge in [0, 0.05) is 0 Å². The molecule has 2 atom stereocenters. The largest absolute Gasteiger partial charge is 0.394 e. The van der Waals surface area contributed by atoms with E-state index in [0.717, 1.165) is 6.42 Å². The first-order valence-corrected chi connectivity index (χ1v) is 3.56. The van der Waals surface area contributed by atoms with Gasteiger partial charge in [0.05, 0.1) is 12.2 Å². The predicted octanol–water partition coefficient (Wildman–Crippen LogP) is -0.109. The summed E-state index contributed by atoms with van der Waals surface area (Å²) in [5, 5.41) is 26.9. The predicted molar refractivity (Wildman–Crippen MR) is 38.6 cm³/mol. The molecule has 0 saturated heterocycles. The quantitative estimate of drug-likeness (QED) is 0.521. The zero-order chi connectivity index (χ0) is 8.20. The van der Waals surface area contributed by atoms with Crippen molar-refractivity contribution >= 4 is 0 Å². The first-order valence-electron chi connectivity index (χ1n) is 3.56. The second-order valence-electron chi connectivity index (χ2n) is 2.81.